The second-order valence-corrected chi connectivity index (χ2v) is 7.53. The first kappa shape index (κ1) is 17.9. The molecular formula is C20H23N3O3. The summed E-state index contributed by atoms with van der Waals surface area (Å²) < 4.78 is 0. The van der Waals surface area contributed by atoms with Crippen molar-refractivity contribution in [2.75, 3.05) is 0 Å². The lowest BCUT2D eigenvalue weighted by Gasteiger charge is -2.24. The minimum atomic E-state index is -0.848. The Morgan fingerprint density at radius 1 is 1.15 bits per heavy atom. The smallest absolute Gasteiger partial charge is 0.303 e. The number of hydrogen-bond donors (Lipinski definition) is 2. The van der Waals surface area contributed by atoms with E-state index in [-0.39, 0.29) is 17.6 Å². The molecule has 136 valence electrons. The summed E-state index contributed by atoms with van der Waals surface area (Å²) in [5, 5.41) is 29.0. The molecule has 0 bridgehead atoms. The Kier molecular flexibility index (Phi) is 4.44. The summed E-state index contributed by atoms with van der Waals surface area (Å²) in [5.74, 6) is -0.714. The number of hydrogen-bond acceptors (Lipinski definition) is 4. The van der Waals surface area contributed by atoms with E-state index in [1.807, 2.05) is 58.0 Å². The van der Waals surface area contributed by atoms with Crippen LogP contribution in [0.4, 0.5) is 0 Å². The van der Waals surface area contributed by atoms with Crippen LogP contribution in [-0.4, -0.2) is 31.2 Å². The standard InChI is InChI=1S/C20H23N3O3/c1-12-13(9-10-17(24)25)11-14(20(2,3)4)19(26)18(12)23-21-15-7-5-6-8-16(15)22-23/h5-8,11,26H,9-10H2,1-4H3,(H,24,25). The van der Waals surface area contributed by atoms with Crippen LogP contribution in [0.5, 0.6) is 5.75 Å². The Balaban J connectivity index is 2.24. The maximum atomic E-state index is 11.0. The van der Waals surface area contributed by atoms with Crippen molar-refractivity contribution in [2.24, 2.45) is 0 Å². The van der Waals surface area contributed by atoms with Crippen LogP contribution in [0, 0.1) is 6.92 Å². The van der Waals surface area contributed by atoms with E-state index in [0.29, 0.717) is 12.1 Å². The maximum absolute atomic E-state index is 11.0. The molecule has 0 fully saturated rings. The highest BCUT2D eigenvalue weighted by atomic mass is 16.4. The normalized spacial score (nSPS) is 11.8. The highest BCUT2D eigenvalue weighted by Gasteiger charge is 2.25. The molecule has 0 aliphatic carbocycles. The predicted octanol–water partition coefficient (Wildman–Crippen LogP) is 3.75. The predicted molar refractivity (Wildman–Crippen MR) is 99.9 cm³/mol. The first-order valence-electron chi connectivity index (χ1n) is 8.58. The fraction of sp³-hybridized carbons (Fsp3) is 0.350. The zero-order chi connectivity index (χ0) is 19.1. The molecule has 3 rings (SSSR count). The number of aromatic hydroxyl groups is 1. The van der Waals surface area contributed by atoms with Gasteiger partial charge in [0.2, 0.25) is 0 Å². The van der Waals surface area contributed by atoms with Crippen LogP contribution in [0.25, 0.3) is 16.7 Å². The number of aliphatic carboxylic acids is 1. The molecule has 1 heterocycles. The molecule has 3 aromatic rings. The van der Waals surface area contributed by atoms with Gasteiger partial charge in [-0.2, -0.15) is 0 Å². The van der Waals surface area contributed by atoms with Gasteiger partial charge in [-0.05, 0) is 42.0 Å². The number of benzene rings is 2. The molecule has 2 N–H and O–H groups in total. The summed E-state index contributed by atoms with van der Waals surface area (Å²) in [5.41, 5.74) is 4.09. The number of phenols is 1. The highest BCUT2D eigenvalue weighted by molar-refractivity contribution is 5.74. The summed E-state index contributed by atoms with van der Waals surface area (Å²) in [6.07, 6.45) is 0.418. The fourth-order valence-electron chi connectivity index (χ4n) is 3.09. The Labute approximate surface area is 152 Å². The summed E-state index contributed by atoms with van der Waals surface area (Å²) in [6, 6.07) is 9.41. The summed E-state index contributed by atoms with van der Waals surface area (Å²) in [6.45, 7) is 7.90. The van der Waals surface area contributed by atoms with Crippen molar-refractivity contribution >= 4 is 17.0 Å². The van der Waals surface area contributed by atoms with E-state index in [2.05, 4.69) is 10.2 Å². The molecule has 26 heavy (non-hydrogen) atoms. The third kappa shape index (κ3) is 3.27. The number of aromatic nitrogens is 3. The largest absolute Gasteiger partial charge is 0.505 e. The van der Waals surface area contributed by atoms with Crippen molar-refractivity contribution in [3.05, 3.63) is 47.0 Å². The third-order valence-electron chi connectivity index (χ3n) is 4.54. The molecule has 6 nitrogen and oxygen atoms in total. The highest BCUT2D eigenvalue weighted by Crippen LogP contribution is 2.39. The second kappa shape index (κ2) is 6.44. The van der Waals surface area contributed by atoms with Crippen molar-refractivity contribution in [1.29, 1.82) is 0 Å². The third-order valence-corrected chi connectivity index (χ3v) is 4.54. The average Bonchev–Trinajstić information content (AvgIpc) is 2.96. The van der Waals surface area contributed by atoms with Gasteiger partial charge in [0.25, 0.3) is 0 Å². The van der Waals surface area contributed by atoms with Crippen LogP contribution < -0.4 is 0 Å². The number of fused-ring (bicyclic) bond motifs is 1. The molecule has 2 aromatic carbocycles. The molecule has 0 aliphatic rings. The van der Waals surface area contributed by atoms with Crippen molar-refractivity contribution in [3.63, 3.8) is 0 Å². The number of aryl methyl sites for hydroxylation is 1. The summed E-state index contributed by atoms with van der Waals surface area (Å²) in [7, 11) is 0. The number of phenolic OH excluding ortho intramolecular Hbond substituents is 1. The summed E-state index contributed by atoms with van der Waals surface area (Å²) >= 11 is 0. The topological polar surface area (TPSA) is 88.2 Å². The fourth-order valence-corrected chi connectivity index (χ4v) is 3.09. The number of rotatable bonds is 4. The van der Waals surface area contributed by atoms with E-state index in [9.17, 15) is 9.90 Å². The Morgan fingerprint density at radius 2 is 1.73 bits per heavy atom. The van der Waals surface area contributed by atoms with E-state index >= 15 is 0 Å². The molecule has 0 spiro atoms. The number of nitrogens with zero attached hydrogens (tertiary/aromatic N) is 3. The quantitative estimate of drug-likeness (QED) is 0.746. The Hall–Kier alpha value is -2.89. The van der Waals surface area contributed by atoms with Gasteiger partial charge in [-0.25, -0.2) is 0 Å². The second-order valence-electron chi connectivity index (χ2n) is 7.53. The average molecular weight is 353 g/mol. The van der Waals surface area contributed by atoms with Gasteiger partial charge in [0.1, 0.15) is 22.5 Å². The number of carboxylic acid groups (broad SMARTS) is 1. The van der Waals surface area contributed by atoms with E-state index in [1.54, 1.807) is 0 Å². The lowest BCUT2D eigenvalue weighted by molar-refractivity contribution is -0.136. The molecule has 0 amide bonds. The van der Waals surface area contributed by atoms with Crippen LogP contribution >= 0.6 is 0 Å². The maximum Gasteiger partial charge on any atom is 0.303 e. The number of carboxylic acids is 1. The first-order chi connectivity index (χ1) is 12.2. The number of carbonyl (C=O) groups is 1. The molecule has 0 unspecified atom stereocenters. The van der Waals surface area contributed by atoms with Gasteiger partial charge in [0, 0.05) is 12.0 Å². The zero-order valence-corrected chi connectivity index (χ0v) is 15.4. The molecule has 0 atom stereocenters. The molecule has 6 heteroatoms. The SMILES string of the molecule is Cc1c(CCC(=O)O)cc(C(C)(C)C)c(O)c1-n1nc2ccccc2n1. The van der Waals surface area contributed by atoms with E-state index in [4.69, 9.17) is 5.11 Å². The molecule has 0 saturated carbocycles. The minimum Gasteiger partial charge on any atom is -0.505 e. The first-order valence-corrected chi connectivity index (χ1v) is 8.58. The monoisotopic (exact) mass is 353 g/mol. The van der Waals surface area contributed by atoms with Crippen molar-refractivity contribution in [1.82, 2.24) is 15.0 Å². The lowest BCUT2D eigenvalue weighted by atomic mass is 9.83. The van der Waals surface area contributed by atoms with Gasteiger partial charge < -0.3 is 10.2 Å². The molecule has 0 radical (unpaired) electrons. The zero-order valence-electron chi connectivity index (χ0n) is 15.4. The molecule has 0 saturated heterocycles. The van der Waals surface area contributed by atoms with Crippen molar-refractivity contribution in [3.8, 4) is 11.4 Å². The van der Waals surface area contributed by atoms with Gasteiger partial charge in [0.05, 0.1) is 0 Å². The Morgan fingerprint density at radius 3 is 2.23 bits per heavy atom. The van der Waals surface area contributed by atoms with Crippen LogP contribution in [-0.2, 0) is 16.6 Å². The van der Waals surface area contributed by atoms with Gasteiger partial charge in [-0.1, -0.05) is 39.0 Å². The van der Waals surface area contributed by atoms with Gasteiger partial charge in [-0.3, -0.25) is 4.79 Å². The van der Waals surface area contributed by atoms with Crippen molar-refractivity contribution < 1.29 is 15.0 Å². The van der Waals surface area contributed by atoms with E-state index < -0.39 is 5.97 Å². The van der Waals surface area contributed by atoms with Gasteiger partial charge in [0.15, 0.2) is 0 Å². The summed E-state index contributed by atoms with van der Waals surface area (Å²) in [4.78, 5) is 12.5. The lowest BCUT2D eigenvalue weighted by Crippen LogP contribution is -2.16. The molecule has 0 aliphatic heterocycles. The minimum absolute atomic E-state index is 0.0309. The van der Waals surface area contributed by atoms with Crippen LogP contribution in [0.15, 0.2) is 30.3 Å². The molecule has 1 aromatic heterocycles. The van der Waals surface area contributed by atoms with E-state index in [1.165, 1.54) is 4.80 Å². The van der Waals surface area contributed by atoms with Gasteiger partial charge in [-0.15, -0.1) is 15.0 Å². The van der Waals surface area contributed by atoms with Crippen LogP contribution in [0.3, 0.4) is 0 Å². The van der Waals surface area contributed by atoms with Gasteiger partial charge >= 0.3 is 5.97 Å². The van der Waals surface area contributed by atoms with Crippen molar-refractivity contribution in [2.45, 2.75) is 46.0 Å². The molecular weight excluding hydrogens is 330 g/mol. The Bertz CT molecular complexity index is 951. The van der Waals surface area contributed by atoms with E-state index in [0.717, 1.165) is 27.7 Å². The van der Waals surface area contributed by atoms with Crippen LogP contribution in [0.1, 0.15) is 43.9 Å². The van der Waals surface area contributed by atoms with Crippen LogP contribution in [0.2, 0.25) is 0 Å².